The highest BCUT2D eigenvalue weighted by Crippen LogP contribution is 2.24. The SMILES string of the molecule is O=C1CN2C(=O)CNCC2CN1c1cccc(Br)c1. The van der Waals surface area contributed by atoms with Gasteiger partial charge in [-0.05, 0) is 18.2 Å². The van der Waals surface area contributed by atoms with E-state index < -0.39 is 0 Å². The standard InChI is InChI=1S/C13H14BrN3O2/c14-9-2-1-3-10(4-9)16-7-11-5-15-6-12(18)17(11)8-13(16)19/h1-4,11,15H,5-8H2. The first-order valence-corrected chi connectivity index (χ1v) is 7.00. The predicted octanol–water partition coefficient (Wildman–Crippen LogP) is 0.596. The van der Waals surface area contributed by atoms with Gasteiger partial charge in [0.05, 0.1) is 12.6 Å². The van der Waals surface area contributed by atoms with Gasteiger partial charge in [-0.3, -0.25) is 9.59 Å². The zero-order chi connectivity index (χ0) is 13.4. The molecule has 100 valence electrons. The Morgan fingerprint density at radius 1 is 1.26 bits per heavy atom. The third kappa shape index (κ3) is 2.37. The zero-order valence-corrected chi connectivity index (χ0v) is 11.9. The van der Waals surface area contributed by atoms with Gasteiger partial charge in [0.2, 0.25) is 11.8 Å². The van der Waals surface area contributed by atoms with Crippen molar-refractivity contribution in [1.29, 1.82) is 0 Å². The van der Waals surface area contributed by atoms with Gasteiger partial charge < -0.3 is 15.1 Å². The van der Waals surface area contributed by atoms with E-state index in [1.807, 2.05) is 24.3 Å². The summed E-state index contributed by atoms with van der Waals surface area (Å²) in [4.78, 5) is 27.4. The second-order valence-corrected chi connectivity index (χ2v) is 5.71. The molecule has 6 heteroatoms. The molecule has 2 amide bonds. The summed E-state index contributed by atoms with van der Waals surface area (Å²) in [6.07, 6.45) is 0. The van der Waals surface area contributed by atoms with Crippen molar-refractivity contribution in [3.8, 4) is 0 Å². The van der Waals surface area contributed by atoms with Gasteiger partial charge >= 0.3 is 0 Å². The Balaban J connectivity index is 1.85. The van der Waals surface area contributed by atoms with Crippen LogP contribution in [0.15, 0.2) is 28.7 Å². The van der Waals surface area contributed by atoms with Gasteiger partial charge in [0, 0.05) is 23.2 Å². The van der Waals surface area contributed by atoms with E-state index in [0.717, 1.165) is 16.7 Å². The van der Waals surface area contributed by atoms with Crippen molar-refractivity contribution >= 4 is 33.4 Å². The molecular formula is C13H14BrN3O2. The lowest BCUT2D eigenvalue weighted by atomic mass is 10.1. The molecule has 1 aromatic carbocycles. The Labute approximate surface area is 119 Å². The first-order valence-electron chi connectivity index (χ1n) is 6.21. The van der Waals surface area contributed by atoms with E-state index in [1.54, 1.807) is 9.80 Å². The number of benzene rings is 1. The molecule has 0 aliphatic carbocycles. The van der Waals surface area contributed by atoms with E-state index in [0.29, 0.717) is 13.1 Å². The molecule has 0 aromatic heterocycles. The van der Waals surface area contributed by atoms with Crippen LogP contribution in [0.4, 0.5) is 5.69 Å². The molecule has 0 saturated carbocycles. The zero-order valence-electron chi connectivity index (χ0n) is 10.3. The van der Waals surface area contributed by atoms with Crippen molar-refractivity contribution in [3.63, 3.8) is 0 Å². The van der Waals surface area contributed by atoms with Crippen LogP contribution in [0.5, 0.6) is 0 Å². The highest BCUT2D eigenvalue weighted by Gasteiger charge is 2.37. The number of carbonyl (C=O) groups excluding carboxylic acids is 2. The predicted molar refractivity (Wildman–Crippen MR) is 74.9 cm³/mol. The van der Waals surface area contributed by atoms with Crippen molar-refractivity contribution in [2.24, 2.45) is 0 Å². The number of nitrogens with zero attached hydrogens (tertiary/aromatic N) is 2. The maximum absolute atomic E-state index is 12.2. The summed E-state index contributed by atoms with van der Waals surface area (Å²) in [5, 5.41) is 3.09. The van der Waals surface area contributed by atoms with E-state index in [-0.39, 0.29) is 24.4 Å². The normalized spacial score (nSPS) is 23.5. The van der Waals surface area contributed by atoms with Crippen LogP contribution in [0.25, 0.3) is 0 Å². The maximum atomic E-state index is 12.2. The van der Waals surface area contributed by atoms with E-state index in [1.165, 1.54) is 0 Å². The van der Waals surface area contributed by atoms with Crippen LogP contribution in [0, 0.1) is 0 Å². The number of halogens is 1. The van der Waals surface area contributed by atoms with Crippen LogP contribution in [0.3, 0.4) is 0 Å². The van der Waals surface area contributed by atoms with Crippen LogP contribution in [0.1, 0.15) is 0 Å². The highest BCUT2D eigenvalue weighted by molar-refractivity contribution is 9.10. The summed E-state index contributed by atoms with van der Waals surface area (Å²) in [7, 11) is 0. The molecule has 0 bridgehead atoms. The van der Waals surface area contributed by atoms with Gasteiger partial charge in [-0.25, -0.2) is 0 Å². The first-order chi connectivity index (χ1) is 9.15. The van der Waals surface area contributed by atoms with Crippen LogP contribution in [-0.4, -0.2) is 48.9 Å². The van der Waals surface area contributed by atoms with E-state index in [2.05, 4.69) is 21.2 Å². The molecular weight excluding hydrogens is 310 g/mol. The van der Waals surface area contributed by atoms with Crippen molar-refractivity contribution in [1.82, 2.24) is 10.2 Å². The lowest BCUT2D eigenvalue weighted by molar-refractivity contribution is -0.141. The van der Waals surface area contributed by atoms with E-state index >= 15 is 0 Å². The third-order valence-electron chi connectivity index (χ3n) is 3.54. The van der Waals surface area contributed by atoms with Crippen LogP contribution >= 0.6 is 15.9 Å². The highest BCUT2D eigenvalue weighted by atomic mass is 79.9. The monoisotopic (exact) mass is 323 g/mol. The molecule has 0 spiro atoms. The summed E-state index contributed by atoms with van der Waals surface area (Å²) in [5.41, 5.74) is 0.872. The molecule has 3 rings (SSSR count). The van der Waals surface area contributed by atoms with E-state index in [9.17, 15) is 9.59 Å². The van der Waals surface area contributed by atoms with Gasteiger partial charge in [-0.15, -0.1) is 0 Å². The van der Waals surface area contributed by atoms with Crippen LogP contribution in [-0.2, 0) is 9.59 Å². The summed E-state index contributed by atoms with van der Waals surface area (Å²) < 4.78 is 0.943. The lowest BCUT2D eigenvalue weighted by Crippen LogP contribution is -2.65. The number of carbonyl (C=O) groups is 2. The molecule has 1 aromatic rings. The van der Waals surface area contributed by atoms with Crippen molar-refractivity contribution in [2.45, 2.75) is 6.04 Å². The Morgan fingerprint density at radius 3 is 2.89 bits per heavy atom. The van der Waals surface area contributed by atoms with Crippen molar-refractivity contribution < 1.29 is 9.59 Å². The minimum Gasteiger partial charge on any atom is -0.326 e. The number of anilines is 1. The van der Waals surface area contributed by atoms with Crippen molar-refractivity contribution in [2.75, 3.05) is 31.1 Å². The van der Waals surface area contributed by atoms with Crippen LogP contribution < -0.4 is 10.2 Å². The molecule has 2 fully saturated rings. The van der Waals surface area contributed by atoms with Gasteiger partial charge in [0.25, 0.3) is 0 Å². The lowest BCUT2D eigenvalue weighted by Gasteiger charge is -2.43. The largest absolute Gasteiger partial charge is 0.326 e. The Morgan fingerprint density at radius 2 is 2.11 bits per heavy atom. The van der Waals surface area contributed by atoms with Gasteiger partial charge in [0.1, 0.15) is 6.54 Å². The fourth-order valence-corrected chi connectivity index (χ4v) is 2.97. The third-order valence-corrected chi connectivity index (χ3v) is 4.03. The van der Waals surface area contributed by atoms with E-state index in [4.69, 9.17) is 0 Å². The number of amides is 2. The smallest absolute Gasteiger partial charge is 0.246 e. The van der Waals surface area contributed by atoms with Gasteiger partial charge in [-0.1, -0.05) is 22.0 Å². The molecule has 1 atom stereocenters. The second kappa shape index (κ2) is 4.94. The number of hydrogen-bond acceptors (Lipinski definition) is 3. The number of piperazine rings is 2. The molecule has 0 radical (unpaired) electrons. The van der Waals surface area contributed by atoms with Crippen LogP contribution in [0.2, 0.25) is 0 Å². The van der Waals surface area contributed by atoms with Gasteiger partial charge in [0.15, 0.2) is 0 Å². The molecule has 5 nitrogen and oxygen atoms in total. The number of nitrogens with one attached hydrogen (secondary N) is 1. The quantitative estimate of drug-likeness (QED) is 0.823. The number of hydrogen-bond donors (Lipinski definition) is 1. The topological polar surface area (TPSA) is 52.7 Å². The van der Waals surface area contributed by atoms with Crippen molar-refractivity contribution in [3.05, 3.63) is 28.7 Å². The summed E-state index contributed by atoms with van der Waals surface area (Å²) >= 11 is 3.41. The first kappa shape index (κ1) is 12.6. The molecule has 2 heterocycles. The Kier molecular flexibility index (Phi) is 3.28. The summed E-state index contributed by atoms with van der Waals surface area (Å²) in [5.74, 6) is -0.0110. The number of rotatable bonds is 1. The number of fused-ring (bicyclic) bond motifs is 1. The fourth-order valence-electron chi connectivity index (χ4n) is 2.58. The molecule has 2 aliphatic rings. The average Bonchev–Trinajstić information content (AvgIpc) is 2.39. The Bertz CT molecular complexity index is 534. The second-order valence-electron chi connectivity index (χ2n) is 4.79. The van der Waals surface area contributed by atoms with Gasteiger partial charge in [-0.2, -0.15) is 0 Å². The average molecular weight is 324 g/mol. The molecule has 1 unspecified atom stereocenters. The molecule has 2 saturated heterocycles. The molecule has 1 N–H and O–H groups in total. The minimum absolute atomic E-state index is 0.0125. The summed E-state index contributed by atoms with van der Waals surface area (Å²) in [6, 6.07) is 7.74. The molecule has 2 aliphatic heterocycles. The fraction of sp³-hybridized carbons (Fsp3) is 0.385. The maximum Gasteiger partial charge on any atom is 0.246 e. The Hall–Kier alpha value is -1.40. The minimum atomic E-state index is -0.0235. The summed E-state index contributed by atoms with van der Waals surface area (Å²) in [6.45, 7) is 1.80. The molecule has 19 heavy (non-hydrogen) atoms.